The van der Waals surface area contributed by atoms with E-state index in [1.807, 2.05) is 135 Å². The number of aryl methyl sites for hydroxylation is 2. The van der Waals surface area contributed by atoms with Crippen molar-refractivity contribution >= 4 is 154 Å². The Hall–Kier alpha value is -7.02. The van der Waals surface area contributed by atoms with Gasteiger partial charge in [0, 0.05) is 97.3 Å². The van der Waals surface area contributed by atoms with Crippen LogP contribution >= 0.6 is 148 Å². The molecule has 5 atom stereocenters. The Bertz CT molecular complexity index is 5820. The van der Waals surface area contributed by atoms with Crippen molar-refractivity contribution in [3.8, 4) is 58.5 Å². The van der Waals surface area contributed by atoms with Gasteiger partial charge in [-0.25, -0.2) is 4.39 Å². The van der Waals surface area contributed by atoms with E-state index in [0.717, 1.165) is 97.9 Å². The Kier molecular flexibility index (Phi) is 34.2. The number of benzene rings is 4. The van der Waals surface area contributed by atoms with Crippen LogP contribution < -0.4 is 5.32 Å². The first-order chi connectivity index (χ1) is 59.7. The minimum Gasteiger partial charge on any atom is -0.385 e. The van der Waals surface area contributed by atoms with E-state index < -0.39 is 33.6 Å². The van der Waals surface area contributed by atoms with Gasteiger partial charge in [-0.05, 0) is 292 Å². The molecular formula is C103H111FN2O6S13. The number of hydrogen-bond acceptors (Lipinski definition) is 21. The van der Waals surface area contributed by atoms with Gasteiger partial charge in [0.15, 0.2) is 0 Å². The van der Waals surface area contributed by atoms with E-state index in [9.17, 15) is 35.0 Å². The molecule has 17 rings (SSSR count). The lowest BCUT2D eigenvalue weighted by Gasteiger charge is -2.51. The summed E-state index contributed by atoms with van der Waals surface area (Å²) < 4.78 is 13.3. The van der Waals surface area contributed by atoms with Crippen molar-refractivity contribution in [2.24, 2.45) is 0 Å². The molecule has 7 N–H and O–H groups in total. The van der Waals surface area contributed by atoms with Gasteiger partial charge in [-0.2, -0.15) is 0 Å². The van der Waals surface area contributed by atoms with Gasteiger partial charge in [0.25, 0.3) is 0 Å². The van der Waals surface area contributed by atoms with E-state index in [1.165, 1.54) is 72.0 Å². The highest BCUT2D eigenvalue weighted by molar-refractivity contribution is 7.99. The van der Waals surface area contributed by atoms with Gasteiger partial charge in [-0.3, -0.25) is 0 Å². The highest BCUT2D eigenvalue weighted by atomic mass is 32.2. The van der Waals surface area contributed by atoms with E-state index in [-0.39, 0.29) is 16.9 Å². The largest absolute Gasteiger partial charge is 0.385 e. The normalized spacial score (nSPS) is 15.7. The van der Waals surface area contributed by atoms with Crippen LogP contribution in [-0.2, 0) is 46.4 Å². The molecule has 12 aromatic heterocycles. The summed E-state index contributed by atoms with van der Waals surface area (Å²) in [5.41, 5.74) is 5.13. The van der Waals surface area contributed by atoms with Crippen molar-refractivity contribution in [2.75, 3.05) is 25.4 Å². The monoisotopic (exact) mass is 1910 g/mol. The van der Waals surface area contributed by atoms with Gasteiger partial charge in [0.1, 0.15) is 17.0 Å². The van der Waals surface area contributed by atoms with Crippen molar-refractivity contribution in [3.05, 3.63) is 350 Å². The van der Waals surface area contributed by atoms with Crippen LogP contribution in [0.4, 0.5) is 4.39 Å². The molecule has 0 saturated carbocycles. The zero-order valence-corrected chi connectivity index (χ0v) is 83.2. The Labute approximate surface area is 790 Å². The number of nitrogens with one attached hydrogen (secondary N) is 1. The molecule has 1 aliphatic rings. The van der Waals surface area contributed by atoms with Crippen LogP contribution in [-0.4, -0.2) is 72.0 Å². The second-order valence-corrected chi connectivity index (χ2v) is 45.7. The van der Waals surface area contributed by atoms with E-state index in [2.05, 4.69) is 228 Å². The molecule has 0 amide bonds. The summed E-state index contributed by atoms with van der Waals surface area (Å²) in [4.78, 5) is 17.8. The maximum atomic E-state index is 13.3. The third kappa shape index (κ3) is 26.6. The standard InChI is InChI=1S/C18H18OS3.C18H18OS2.C18H16OS2.C17H15FOS2.C17H23NOS2.C15H21NOS2/c1-13-5-7-14(8-6-13)22-12-18(2,19)15-9-11-21-17(15)16-4-3-10-20-16;2*1-18(19,11-9-14-6-3-2-4-7-14)15-10-13-21-17(15)16-8-5-12-20-16;1-17(19,11-12-4-2-5-13(18)10-12)14-7-9-21-16(14)15-6-3-8-20-15;1-15(2)10-17(19,11-16(3,4)18-15)12-7-9-21-14(12)13-6-5-8-20-13;1-4-16(5-2)11-15(3,17)12-8-10-19-14(12)13-7-6-9-18-13/h3-11,19H,12H2,1-2H3;2-8,10,12-13,19H,9,11H2,1H3;2-13,19H,1H3;2-10,19H,11H2,1H3;5-9,18-19H,10-11H2,1-4H3;6-10,17H,4-5,11H2,1-3H3/b;;11-9+;;;. The minimum absolute atomic E-state index is 0.0782. The van der Waals surface area contributed by atoms with Gasteiger partial charge >= 0.3 is 0 Å². The van der Waals surface area contributed by atoms with Crippen LogP contribution in [0.1, 0.15) is 151 Å². The van der Waals surface area contributed by atoms with Crippen LogP contribution in [0.5, 0.6) is 0 Å². The summed E-state index contributed by atoms with van der Waals surface area (Å²) >= 11 is 22.1. The highest BCUT2D eigenvalue weighted by Gasteiger charge is 2.48. The maximum Gasteiger partial charge on any atom is 0.123 e. The van der Waals surface area contributed by atoms with Crippen LogP contribution in [0.25, 0.3) is 64.6 Å². The van der Waals surface area contributed by atoms with Crippen molar-refractivity contribution < 1.29 is 35.0 Å². The van der Waals surface area contributed by atoms with Gasteiger partial charge in [-0.1, -0.05) is 147 Å². The first kappa shape index (κ1) is 97.0. The fourth-order valence-corrected chi connectivity index (χ4v) is 28.1. The molecule has 1 aliphatic heterocycles. The van der Waals surface area contributed by atoms with E-state index in [0.29, 0.717) is 18.7 Å². The van der Waals surface area contributed by atoms with Gasteiger partial charge in [-0.15, -0.1) is 148 Å². The molecule has 8 nitrogen and oxygen atoms in total. The SMILES string of the molecule is CC(O)(/C=C/c1ccccc1)c1ccsc1-c1cccs1.CC(O)(CCc1ccccc1)c1ccsc1-c1cccs1.CC(O)(Cc1cccc(F)c1)c1ccsc1-c1cccs1.CC1(C)CC(O)(c2ccsc2-c2cccs2)CC(C)(C)N1.CCN(CC)CC(C)(O)c1ccsc1-c1cccs1.Cc1ccc(SCC(C)(O)c2ccsc2-c2cccs2)cc1. The smallest absolute Gasteiger partial charge is 0.123 e. The fraction of sp³-hybridized carbons (Fsp3) is 0.282. The summed E-state index contributed by atoms with van der Waals surface area (Å²) in [6.07, 6.45) is 7.30. The zero-order valence-electron chi connectivity index (χ0n) is 72.5. The average Bonchev–Trinajstić information content (AvgIpc) is 1.61. The number of rotatable bonds is 26. The summed E-state index contributed by atoms with van der Waals surface area (Å²) in [5, 5.41) is 94.3. The van der Waals surface area contributed by atoms with Crippen molar-refractivity contribution in [1.29, 1.82) is 0 Å². The van der Waals surface area contributed by atoms with E-state index >= 15 is 0 Å². The second-order valence-electron chi connectivity index (χ2n) is 33.5. The Morgan fingerprint density at radius 1 is 0.408 bits per heavy atom. The van der Waals surface area contributed by atoms with Crippen LogP contribution in [0, 0.1) is 12.7 Å². The molecule has 16 aromatic rings. The lowest BCUT2D eigenvalue weighted by molar-refractivity contribution is -0.0607. The number of aliphatic hydroxyl groups is 6. The number of halogens is 1. The molecular weight excluding hydrogens is 1800 g/mol. The van der Waals surface area contributed by atoms with Crippen LogP contribution in [0.15, 0.2) is 294 Å². The quantitative estimate of drug-likeness (QED) is 0.0264. The third-order valence-corrected chi connectivity index (χ3v) is 34.6. The fourth-order valence-electron chi connectivity index (χ4n) is 15.8. The van der Waals surface area contributed by atoms with Gasteiger partial charge in [0.2, 0.25) is 0 Å². The number of likely N-dealkylation sites (N-methyl/N-ethyl adjacent to an activating group) is 1. The van der Waals surface area contributed by atoms with Crippen molar-refractivity contribution in [1.82, 2.24) is 10.2 Å². The first-order valence-corrected chi connectivity index (χ1v) is 53.1. The molecule has 0 bridgehead atoms. The zero-order chi connectivity index (χ0) is 89.1. The highest BCUT2D eigenvalue weighted by Crippen LogP contribution is 2.50. The van der Waals surface area contributed by atoms with Crippen LogP contribution in [0.3, 0.4) is 0 Å². The summed E-state index contributed by atoms with van der Waals surface area (Å²) in [5.74, 6) is 0.373. The van der Waals surface area contributed by atoms with Gasteiger partial charge in [0.05, 0.1) is 51.7 Å². The first-order valence-electron chi connectivity index (χ1n) is 41.5. The molecule has 0 spiro atoms. The Morgan fingerprint density at radius 2 is 0.792 bits per heavy atom. The molecule has 4 aromatic carbocycles. The molecule has 0 aliphatic carbocycles. The lowest BCUT2D eigenvalue weighted by atomic mass is 9.70. The molecule has 1 fully saturated rings. The van der Waals surface area contributed by atoms with E-state index in [1.54, 1.807) is 161 Å². The van der Waals surface area contributed by atoms with Crippen molar-refractivity contribution in [2.45, 2.75) is 165 Å². The molecule has 13 heterocycles. The summed E-state index contributed by atoms with van der Waals surface area (Å²) in [6, 6.07) is 72.4. The minimum atomic E-state index is -1.02. The second kappa shape index (κ2) is 44.1. The molecule has 5 unspecified atom stereocenters. The molecule has 22 heteroatoms. The molecule has 1 saturated heterocycles. The number of nitrogens with zero attached hydrogens (tertiary/aromatic N) is 1. The molecule has 0 radical (unpaired) electrons. The maximum absolute atomic E-state index is 13.3. The average molecular weight is 1910 g/mol. The Morgan fingerprint density at radius 3 is 1.22 bits per heavy atom. The Balaban J connectivity index is 0.000000137. The van der Waals surface area contributed by atoms with Crippen molar-refractivity contribution in [3.63, 3.8) is 0 Å². The predicted octanol–water partition coefficient (Wildman–Crippen LogP) is 30.2. The number of thiophene rings is 12. The predicted molar refractivity (Wildman–Crippen MR) is 548 cm³/mol. The van der Waals surface area contributed by atoms with Crippen LogP contribution in [0.2, 0.25) is 0 Å². The number of hydrogen-bond donors (Lipinski definition) is 7. The van der Waals surface area contributed by atoms with Gasteiger partial charge < -0.3 is 40.9 Å². The van der Waals surface area contributed by atoms with E-state index in [4.69, 9.17) is 0 Å². The molecule has 125 heavy (non-hydrogen) atoms. The topological polar surface area (TPSA) is 137 Å². The summed E-state index contributed by atoms with van der Waals surface area (Å²) in [6.45, 7) is 27.0. The summed E-state index contributed by atoms with van der Waals surface area (Å²) in [7, 11) is 0. The lowest BCUT2D eigenvalue weighted by Crippen LogP contribution is -2.62. The number of thioether (sulfide) groups is 1. The molecule has 654 valence electrons. The third-order valence-electron chi connectivity index (χ3n) is 21.5. The number of piperidine rings is 1.